The highest BCUT2D eigenvalue weighted by molar-refractivity contribution is 7.10. The standard InChI is InChI=1S/C21H17ClN2O3S/c1-27-17-6-3-2-5-14(17)21(26)24-12-19(25)23-16-9-8-13(22)11-15(16)20(24)18-7-4-10-28-18/h2-11,20H,12H2,1H3,(H,23,25). The summed E-state index contributed by atoms with van der Waals surface area (Å²) in [7, 11) is 1.52. The van der Waals surface area contributed by atoms with Crippen LogP contribution in [0.2, 0.25) is 5.02 Å². The predicted octanol–water partition coefficient (Wildman–Crippen LogP) is 4.59. The molecule has 2 aromatic carbocycles. The molecule has 0 bridgehead atoms. The van der Waals surface area contributed by atoms with Crippen LogP contribution in [0, 0.1) is 0 Å². The van der Waals surface area contributed by atoms with Crippen molar-refractivity contribution in [2.75, 3.05) is 19.0 Å². The van der Waals surface area contributed by atoms with E-state index in [2.05, 4.69) is 5.32 Å². The Bertz CT molecular complexity index is 1040. The first-order valence-electron chi connectivity index (χ1n) is 8.65. The van der Waals surface area contributed by atoms with Gasteiger partial charge in [-0.1, -0.05) is 29.8 Å². The number of anilines is 1. The van der Waals surface area contributed by atoms with Gasteiger partial charge in [0.05, 0.1) is 18.7 Å². The Labute approximate surface area is 171 Å². The van der Waals surface area contributed by atoms with Crippen LogP contribution in [0.3, 0.4) is 0 Å². The minimum absolute atomic E-state index is 0.0776. The molecule has 1 aromatic heterocycles. The number of amides is 2. The molecule has 1 aliphatic rings. The number of carbonyl (C=O) groups is 2. The lowest BCUT2D eigenvalue weighted by Gasteiger charge is -2.30. The molecule has 142 valence electrons. The summed E-state index contributed by atoms with van der Waals surface area (Å²) in [5, 5.41) is 5.38. The van der Waals surface area contributed by atoms with Crippen LogP contribution < -0.4 is 10.1 Å². The molecule has 2 amide bonds. The number of rotatable bonds is 3. The third-order valence-electron chi connectivity index (χ3n) is 4.62. The van der Waals surface area contributed by atoms with Gasteiger partial charge in [0.2, 0.25) is 5.91 Å². The molecule has 0 fully saturated rings. The molecule has 0 radical (unpaired) electrons. The molecule has 1 N–H and O–H groups in total. The summed E-state index contributed by atoms with van der Waals surface area (Å²) in [6.07, 6.45) is 0. The molecule has 0 aliphatic carbocycles. The average molecular weight is 413 g/mol. The largest absolute Gasteiger partial charge is 0.496 e. The van der Waals surface area contributed by atoms with Crippen LogP contribution in [0.1, 0.15) is 26.8 Å². The van der Waals surface area contributed by atoms with Crippen LogP contribution in [-0.4, -0.2) is 30.4 Å². The Morgan fingerprint density at radius 3 is 2.79 bits per heavy atom. The van der Waals surface area contributed by atoms with E-state index in [1.54, 1.807) is 47.4 Å². The number of halogens is 1. The van der Waals surface area contributed by atoms with E-state index >= 15 is 0 Å². The lowest BCUT2D eigenvalue weighted by Crippen LogP contribution is -2.38. The van der Waals surface area contributed by atoms with Crippen molar-refractivity contribution in [1.82, 2.24) is 4.90 Å². The monoisotopic (exact) mass is 412 g/mol. The lowest BCUT2D eigenvalue weighted by atomic mass is 10.0. The molecule has 1 aliphatic heterocycles. The number of nitrogens with one attached hydrogen (secondary N) is 1. The third-order valence-corrected chi connectivity index (χ3v) is 5.78. The highest BCUT2D eigenvalue weighted by Crippen LogP contribution is 2.40. The van der Waals surface area contributed by atoms with E-state index in [9.17, 15) is 9.59 Å². The lowest BCUT2D eigenvalue weighted by molar-refractivity contribution is -0.117. The minimum Gasteiger partial charge on any atom is -0.496 e. The summed E-state index contributed by atoms with van der Waals surface area (Å²) < 4.78 is 5.36. The Balaban J connectivity index is 1.89. The topological polar surface area (TPSA) is 58.6 Å². The molecular formula is C21H17ClN2O3S. The van der Waals surface area contributed by atoms with E-state index in [-0.39, 0.29) is 18.4 Å². The first-order chi connectivity index (χ1) is 13.6. The first kappa shape index (κ1) is 18.5. The molecule has 4 rings (SSSR count). The Hall–Kier alpha value is -2.83. The number of benzene rings is 2. The first-order valence-corrected chi connectivity index (χ1v) is 9.91. The highest BCUT2D eigenvalue weighted by Gasteiger charge is 2.35. The van der Waals surface area contributed by atoms with Crippen LogP contribution in [0.15, 0.2) is 60.0 Å². The maximum Gasteiger partial charge on any atom is 0.258 e. The van der Waals surface area contributed by atoms with Gasteiger partial charge in [-0.3, -0.25) is 9.59 Å². The van der Waals surface area contributed by atoms with Gasteiger partial charge in [0.1, 0.15) is 12.3 Å². The molecule has 1 atom stereocenters. The molecule has 0 spiro atoms. The maximum absolute atomic E-state index is 13.5. The van der Waals surface area contributed by atoms with E-state index < -0.39 is 6.04 Å². The average Bonchev–Trinajstić information content (AvgIpc) is 3.18. The zero-order chi connectivity index (χ0) is 19.7. The zero-order valence-corrected chi connectivity index (χ0v) is 16.6. The Morgan fingerprint density at radius 1 is 1.21 bits per heavy atom. The highest BCUT2D eigenvalue weighted by atomic mass is 35.5. The van der Waals surface area contributed by atoms with Crippen LogP contribution in [-0.2, 0) is 4.79 Å². The van der Waals surface area contributed by atoms with Gasteiger partial charge >= 0.3 is 0 Å². The SMILES string of the molecule is COc1ccccc1C(=O)N1CC(=O)Nc2ccc(Cl)cc2C1c1cccs1. The van der Waals surface area contributed by atoms with E-state index in [1.165, 1.54) is 18.4 Å². The van der Waals surface area contributed by atoms with Crippen LogP contribution in [0.5, 0.6) is 5.75 Å². The fraction of sp³-hybridized carbons (Fsp3) is 0.143. The number of hydrogen-bond donors (Lipinski definition) is 1. The van der Waals surface area contributed by atoms with Gasteiger partial charge in [-0.15, -0.1) is 11.3 Å². The van der Waals surface area contributed by atoms with E-state index in [0.717, 1.165) is 10.4 Å². The molecule has 5 nitrogen and oxygen atoms in total. The molecule has 1 unspecified atom stereocenters. The Morgan fingerprint density at radius 2 is 2.04 bits per heavy atom. The van der Waals surface area contributed by atoms with Crippen molar-refractivity contribution < 1.29 is 14.3 Å². The smallest absolute Gasteiger partial charge is 0.258 e. The van der Waals surface area contributed by atoms with E-state index in [0.29, 0.717) is 22.0 Å². The number of methoxy groups -OCH3 is 1. The molecule has 0 saturated heterocycles. The number of carbonyl (C=O) groups excluding carboxylic acids is 2. The van der Waals surface area contributed by atoms with Crippen molar-refractivity contribution in [2.24, 2.45) is 0 Å². The van der Waals surface area contributed by atoms with Crippen molar-refractivity contribution in [1.29, 1.82) is 0 Å². The second-order valence-electron chi connectivity index (χ2n) is 6.33. The second-order valence-corrected chi connectivity index (χ2v) is 7.75. The molecule has 28 heavy (non-hydrogen) atoms. The molecule has 3 aromatic rings. The van der Waals surface area contributed by atoms with Gasteiger partial charge in [0.15, 0.2) is 0 Å². The van der Waals surface area contributed by atoms with Crippen molar-refractivity contribution >= 4 is 40.4 Å². The van der Waals surface area contributed by atoms with Crippen LogP contribution in [0.25, 0.3) is 0 Å². The summed E-state index contributed by atoms with van der Waals surface area (Å²) in [5.74, 6) is -0.0712. The van der Waals surface area contributed by atoms with Crippen molar-refractivity contribution in [2.45, 2.75) is 6.04 Å². The number of fused-ring (bicyclic) bond motifs is 1. The molecule has 7 heteroatoms. The maximum atomic E-state index is 13.5. The number of thiophene rings is 1. The summed E-state index contributed by atoms with van der Waals surface area (Å²) in [4.78, 5) is 28.6. The molecule has 2 heterocycles. The summed E-state index contributed by atoms with van der Waals surface area (Å²) in [6, 6.07) is 15.8. The number of nitrogens with zero attached hydrogens (tertiary/aromatic N) is 1. The molecule has 0 saturated carbocycles. The normalized spacial score (nSPS) is 16.1. The van der Waals surface area contributed by atoms with Crippen LogP contribution in [0.4, 0.5) is 5.69 Å². The van der Waals surface area contributed by atoms with Gasteiger partial charge < -0.3 is 15.0 Å². The fourth-order valence-electron chi connectivity index (χ4n) is 3.40. The van der Waals surface area contributed by atoms with Crippen molar-refractivity contribution in [3.05, 3.63) is 81.0 Å². The van der Waals surface area contributed by atoms with E-state index in [1.807, 2.05) is 17.5 Å². The number of hydrogen-bond acceptors (Lipinski definition) is 4. The summed E-state index contributed by atoms with van der Waals surface area (Å²) in [5.41, 5.74) is 1.84. The summed E-state index contributed by atoms with van der Waals surface area (Å²) in [6.45, 7) is -0.0776. The minimum atomic E-state index is -0.440. The number of para-hydroxylation sites is 1. The van der Waals surface area contributed by atoms with Crippen molar-refractivity contribution in [3.63, 3.8) is 0 Å². The van der Waals surface area contributed by atoms with E-state index in [4.69, 9.17) is 16.3 Å². The number of ether oxygens (including phenoxy) is 1. The Kier molecular flexibility index (Phi) is 5.07. The quantitative estimate of drug-likeness (QED) is 0.684. The van der Waals surface area contributed by atoms with Crippen molar-refractivity contribution in [3.8, 4) is 5.75 Å². The van der Waals surface area contributed by atoms with Gasteiger partial charge in [0.25, 0.3) is 5.91 Å². The second kappa shape index (κ2) is 7.66. The summed E-state index contributed by atoms with van der Waals surface area (Å²) >= 11 is 7.78. The van der Waals surface area contributed by atoms with Gasteiger partial charge in [-0.05, 0) is 41.8 Å². The zero-order valence-electron chi connectivity index (χ0n) is 15.0. The van der Waals surface area contributed by atoms with Gasteiger partial charge in [-0.2, -0.15) is 0 Å². The fourth-order valence-corrected chi connectivity index (χ4v) is 4.43. The molecular weight excluding hydrogens is 396 g/mol. The predicted molar refractivity (Wildman–Crippen MR) is 110 cm³/mol. The third kappa shape index (κ3) is 3.37. The van der Waals surface area contributed by atoms with Gasteiger partial charge in [-0.25, -0.2) is 0 Å². The van der Waals surface area contributed by atoms with Crippen LogP contribution >= 0.6 is 22.9 Å². The van der Waals surface area contributed by atoms with Gasteiger partial charge in [0, 0.05) is 21.2 Å².